The van der Waals surface area contributed by atoms with Gasteiger partial charge < -0.3 is 5.32 Å². The summed E-state index contributed by atoms with van der Waals surface area (Å²) in [7, 11) is 0. The number of hydrogen-bond donors (Lipinski definition) is 1. The molecule has 2 aromatic rings. The summed E-state index contributed by atoms with van der Waals surface area (Å²) in [6.07, 6.45) is 1.51. The fraction of sp³-hybridized carbons (Fsp3) is 0.273. The highest BCUT2D eigenvalue weighted by molar-refractivity contribution is 5.93. The molecule has 0 saturated carbocycles. The highest BCUT2D eigenvalue weighted by Gasteiger charge is 2.12. The maximum Gasteiger partial charge on any atom is 0.178 e. The minimum atomic E-state index is -0.0894. The van der Waals surface area contributed by atoms with Crippen molar-refractivity contribution in [3.63, 3.8) is 0 Å². The molecule has 6 heteroatoms. The third kappa shape index (κ3) is 2.01. The molecule has 1 N–H and O–H groups in total. The van der Waals surface area contributed by atoms with E-state index in [2.05, 4.69) is 27.2 Å². The fourth-order valence-electron chi connectivity index (χ4n) is 1.53. The summed E-state index contributed by atoms with van der Waals surface area (Å²) >= 11 is 0. The first-order valence-electron chi connectivity index (χ1n) is 5.29. The molecule has 0 aliphatic carbocycles. The van der Waals surface area contributed by atoms with E-state index in [1.165, 1.54) is 17.6 Å². The monoisotopic (exact) mass is 231 g/mol. The zero-order valence-electron chi connectivity index (χ0n) is 9.77. The molecule has 0 aromatic carbocycles. The van der Waals surface area contributed by atoms with Crippen LogP contribution in [0.15, 0.2) is 18.8 Å². The Balaban J connectivity index is 2.59. The first kappa shape index (κ1) is 11.3. The van der Waals surface area contributed by atoms with Crippen LogP contribution < -0.4 is 5.32 Å². The lowest BCUT2D eigenvalue weighted by atomic mass is 10.2. The Morgan fingerprint density at radius 2 is 2.35 bits per heavy atom. The Hall–Kier alpha value is -2.24. The molecule has 88 valence electrons. The third-order valence-corrected chi connectivity index (χ3v) is 2.33. The molecule has 6 nitrogen and oxygen atoms in total. The van der Waals surface area contributed by atoms with Gasteiger partial charge >= 0.3 is 0 Å². The number of nitrogens with one attached hydrogen (secondary N) is 1. The van der Waals surface area contributed by atoms with Crippen LogP contribution in [0, 0.1) is 0 Å². The molecule has 2 aromatic heterocycles. The van der Waals surface area contributed by atoms with Gasteiger partial charge in [0.05, 0.1) is 17.6 Å². The van der Waals surface area contributed by atoms with Gasteiger partial charge in [-0.15, -0.1) is 5.10 Å². The Bertz CT molecular complexity index is 587. The minimum absolute atomic E-state index is 0.0894. The quantitative estimate of drug-likeness (QED) is 0.792. The predicted molar refractivity (Wildman–Crippen MR) is 63.5 cm³/mol. The van der Waals surface area contributed by atoms with Gasteiger partial charge in [-0.25, -0.2) is 4.98 Å². The summed E-state index contributed by atoms with van der Waals surface area (Å²) in [4.78, 5) is 15.8. The van der Waals surface area contributed by atoms with Crippen LogP contribution in [0.2, 0.25) is 0 Å². The molecule has 0 fully saturated rings. The van der Waals surface area contributed by atoms with Crippen LogP contribution in [0.3, 0.4) is 0 Å². The van der Waals surface area contributed by atoms with E-state index in [1.54, 1.807) is 6.07 Å². The van der Waals surface area contributed by atoms with Crippen LogP contribution >= 0.6 is 0 Å². The van der Waals surface area contributed by atoms with E-state index in [9.17, 15) is 4.79 Å². The van der Waals surface area contributed by atoms with E-state index in [1.807, 2.05) is 6.92 Å². The second-order valence-corrected chi connectivity index (χ2v) is 3.60. The van der Waals surface area contributed by atoms with Crippen LogP contribution in [-0.2, 0) is 0 Å². The largest absolute Gasteiger partial charge is 0.384 e. The molecule has 0 atom stereocenters. The first-order chi connectivity index (χ1) is 8.13. The van der Waals surface area contributed by atoms with E-state index in [-0.39, 0.29) is 5.78 Å². The van der Waals surface area contributed by atoms with Crippen LogP contribution in [0.4, 0.5) is 0 Å². The highest BCUT2D eigenvalue weighted by Crippen LogP contribution is 2.12. The van der Waals surface area contributed by atoms with Crippen molar-refractivity contribution in [1.82, 2.24) is 25.1 Å². The number of fused-ring (bicyclic) bond motifs is 1. The third-order valence-electron chi connectivity index (χ3n) is 2.33. The maximum atomic E-state index is 11.5. The van der Waals surface area contributed by atoms with Crippen molar-refractivity contribution >= 4 is 17.1 Å². The van der Waals surface area contributed by atoms with Crippen molar-refractivity contribution < 1.29 is 4.79 Å². The lowest BCUT2D eigenvalue weighted by molar-refractivity contribution is 0.101. The van der Waals surface area contributed by atoms with Gasteiger partial charge in [-0.2, -0.15) is 4.52 Å². The standard InChI is InChI=1S/C11H13N5O/c1-4-12-7(2)9-5-10(8(3)17)16-11(14-9)6-13-15-16/h5-6,12H,2,4H2,1,3H3. The first-order valence-corrected chi connectivity index (χ1v) is 5.29. The average molecular weight is 231 g/mol. The lowest BCUT2D eigenvalue weighted by Gasteiger charge is -2.08. The average Bonchev–Trinajstić information content (AvgIpc) is 2.75. The van der Waals surface area contributed by atoms with E-state index in [4.69, 9.17) is 0 Å². The topological polar surface area (TPSA) is 72.2 Å². The van der Waals surface area contributed by atoms with Gasteiger partial charge in [0.15, 0.2) is 11.4 Å². The van der Waals surface area contributed by atoms with Crippen molar-refractivity contribution in [1.29, 1.82) is 0 Å². The fourth-order valence-corrected chi connectivity index (χ4v) is 1.53. The van der Waals surface area contributed by atoms with Crippen LogP contribution in [0.1, 0.15) is 30.0 Å². The molecule has 2 heterocycles. The van der Waals surface area contributed by atoms with E-state index < -0.39 is 0 Å². The zero-order valence-corrected chi connectivity index (χ0v) is 9.77. The number of Topliss-reactive ketones (excluding diaryl/α,β-unsaturated/α-hetero) is 1. The molecule has 0 radical (unpaired) electrons. The second kappa shape index (κ2) is 4.32. The van der Waals surface area contributed by atoms with Gasteiger partial charge in [-0.05, 0) is 13.0 Å². The Morgan fingerprint density at radius 3 is 3.00 bits per heavy atom. The summed E-state index contributed by atoms with van der Waals surface area (Å²) in [6.45, 7) is 8.07. The summed E-state index contributed by atoms with van der Waals surface area (Å²) in [5.41, 5.74) is 2.29. The second-order valence-electron chi connectivity index (χ2n) is 3.60. The number of carbonyl (C=O) groups excluding carboxylic acids is 1. The summed E-state index contributed by atoms with van der Waals surface area (Å²) in [5, 5.41) is 10.6. The molecule has 0 aliphatic rings. The van der Waals surface area contributed by atoms with Crippen LogP contribution in [0.25, 0.3) is 11.3 Å². The molecule has 0 amide bonds. The zero-order chi connectivity index (χ0) is 12.4. The number of carbonyl (C=O) groups is 1. The molecule has 0 bridgehead atoms. The summed E-state index contributed by atoms with van der Waals surface area (Å²) < 4.78 is 1.42. The number of ketones is 1. The van der Waals surface area contributed by atoms with Gasteiger partial charge in [-0.3, -0.25) is 4.79 Å². The number of hydrogen-bond acceptors (Lipinski definition) is 5. The minimum Gasteiger partial charge on any atom is -0.384 e. The number of nitrogens with zero attached hydrogens (tertiary/aromatic N) is 4. The van der Waals surface area contributed by atoms with Crippen molar-refractivity contribution in [3.05, 3.63) is 30.2 Å². The van der Waals surface area contributed by atoms with Gasteiger partial charge in [0.1, 0.15) is 5.69 Å². The molecule has 0 aliphatic heterocycles. The SMILES string of the molecule is C=C(NCC)c1cc(C(C)=O)n2nncc2n1. The molecule has 0 saturated heterocycles. The van der Waals surface area contributed by atoms with Crippen LogP contribution in [-0.4, -0.2) is 32.1 Å². The number of aromatic nitrogens is 4. The molecular weight excluding hydrogens is 218 g/mol. The molecule has 0 spiro atoms. The van der Waals surface area contributed by atoms with E-state index in [0.717, 1.165) is 6.54 Å². The Kier molecular flexibility index (Phi) is 2.86. The molecule has 17 heavy (non-hydrogen) atoms. The Labute approximate surface area is 98.4 Å². The molecule has 2 rings (SSSR count). The van der Waals surface area contributed by atoms with Gasteiger partial charge in [0.25, 0.3) is 0 Å². The van der Waals surface area contributed by atoms with Crippen molar-refractivity contribution in [3.8, 4) is 0 Å². The van der Waals surface area contributed by atoms with Crippen molar-refractivity contribution in [2.75, 3.05) is 6.54 Å². The summed E-state index contributed by atoms with van der Waals surface area (Å²) in [5.74, 6) is -0.0894. The highest BCUT2D eigenvalue weighted by atomic mass is 16.1. The van der Waals surface area contributed by atoms with Gasteiger partial charge in [-0.1, -0.05) is 11.8 Å². The maximum absolute atomic E-state index is 11.5. The smallest absolute Gasteiger partial charge is 0.178 e. The normalized spacial score (nSPS) is 10.5. The van der Waals surface area contributed by atoms with E-state index >= 15 is 0 Å². The number of rotatable bonds is 4. The Morgan fingerprint density at radius 1 is 1.59 bits per heavy atom. The molecule has 0 unspecified atom stereocenters. The van der Waals surface area contributed by atoms with Crippen molar-refractivity contribution in [2.45, 2.75) is 13.8 Å². The summed E-state index contributed by atoms with van der Waals surface area (Å²) in [6, 6.07) is 1.66. The van der Waals surface area contributed by atoms with Gasteiger partial charge in [0.2, 0.25) is 0 Å². The van der Waals surface area contributed by atoms with Gasteiger partial charge in [0, 0.05) is 13.5 Å². The van der Waals surface area contributed by atoms with Crippen molar-refractivity contribution in [2.24, 2.45) is 0 Å². The lowest BCUT2D eigenvalue weighted by Crippen LogP contribution is -2.14. The predicted octanol–water partition coefficient (Wildman–Crippen LogP) is 0.907. The van der Waals surface area contributed by atoms with E-state index in [0.29, 0.717) is 22.7 Å². The molecular formula is C11H13N5O. The van der Waals surface area contributed by atoms with Crippen LogP contribution in [0.5, 0.6) is 0 Å².